The number of halogens is 1. The minimum absolute atomic E-state index is 0.228. The third kappa shape index (κ3) is 3.66. The van der Waals surface area contributed by atoms with Gasteiger partial charge < -0.3 is 15.6 Å². The van der Waals surface area contributed by atoms with Gasteiger partial charge in [-0.05, 0) is 66.9 Å². The van der Waals surface area contributed by atoms with Gasteiger partial charge in [-0.1, -0.05) is 29.8 Å². The Labute approximate surface area is 240 Å². The van der Waals surface area contributed by atoms with Crippen LogP contribution in [-0.2, 0) is 31.1 Å². The molecule has 0 unspecified atom stereocenters. The van der Waals surface area contributed by atoms with Crippen LogP contribution in [0, 0.1) is 18.8 Å². The van der Waals surface area contributed by atoms with E-state index < -0.39 is 29.3 Å². The van der Waals surface area contributed by atoms with Gasteiger partial charge in [0.05, 0.1) is 17.5 Å². The van der Waals surface area contributed by atoms with E-state index in [0.29, 0.717) is 34.1 Å². The fourth-order valence-electron chi connectivity index (χ4n) is 6.90. The molecule has 0 radical (unpaired) electrons. The van der Waals surface area contributed by atoms with Crippen molar-refractivity contribution in [2.24, 2.45) is 11.8 Å². The van der Waals surface area contributed by atoms with Crippen molar-refractivity contribution in [3.63, 3.8) is 0 Å². The minimum atomic E-state index is -1.47. The van der Waals surface area contributed by atoms with Crippen molar-refractivity contribution < 1.29 is 19.2 Å². The Morgan fingerprint density at radius 2 is 1.80 bits per heavy atom. The van der Waals surface area contributed by atoms with Gasteiger partial charge in [0.15, 0.2) is 0 Å². The lowest BCUT2D eigenvalue weighted by Crippen LogP contribution is -2.53. The molecule has 9 nitrogen and oxygen atoms in total. The maximum atomic E-state index is 14.3. The highest BCUT2D eigenvalue weighted by atomic mass is 35.5. The normalized spacial score (nSPS) is 24.7. The zero-order valence-electron chi connectivity index (χ0n) is 22.2. The number of hydrogen-bond donors (Lipinski definition) is 4. The molecule has 41 heavy (non-hydrogen) atoms. The molecule has 3 aliphatic rings. The topological polar surface area (TPSA) is 123 Å². The van der Waals surface area contributed by atoms with Crippen LogP contribution in [0.3, 0.4) is 0 Å². The van der Waals surface area contributed by atoms with Crippen LogP contribution in [0.4, 0.5) is 17.1 Å². The number of aromatic nitrogens is 1. The number of aromatic amines is 1. The lowest BCUT2D eigenvalue weighted by molar-refractivity contribution is -0.130. The molecule has 4 N–H and O–H groups in total. The molecule has 0 bridgehead atoms. The lowest BCUT2D eigenvalue weighted by atomic mass is 9.76. The van der Waals surface area contributed by atoms with Gasteiger partial charge in [0.1, 0.15) is 5.54 Å². The molecule has 0 aliphatic carbocycles. The third-order valence-electron chi connectivity index (χ3n) is 8.55. The number of rotatable bonds is 4. The van der Waals surface area contributed by atoms with E-state index in [2.05, 4.69) is 20.9 Å². The van der Waals surface area contributed by atoms with E-state index in [-0.39, 0.29) is 17.7 Å². The Bertz CT molecular complexity index is 1800. The molecule has 2 fully saturated rings. The van der Waals surface area contributed by atoms with Crippen LogP contribution in [0.25, 0.3) is 10.9 Å². The van der Waals surface area contributed by atoms with Gasteiger partial charge in [-0.2, -0.15) is 0 Å². The van der Waals surface area contributed by atoms with Gasteiger partial charge in [0.2, 0.25) is 23.6 Å². The highest BCUT2D eigenvalue weighted by Gasteiger charge is 2.70. The van der Waals surface area contributed by atoms with Crippen molar-refractivity contribution >= 4 is 63.2 Å². The van der Waals surface area contributed by atoms with Crippen molar-refractivity contribution in [2.45, 2.75) is 31.8 Å². The summed E-state index contributed by atoms with van der Waals surface area (Å²) in [5.41, 5.74) is 3.36. The second kappa shape index (κ2) is 9.02. The number of imide groups is 1. The minimum Gasteiger partial charge on any atom is -0.361 e. The van der Waals surface area contributed by atoms with Crippen LogP contribution in [0.1, 0.15) is 23.6 Å². The van der Waals surface area contributed by atoms with E-state index in [4.69, 9.17) is 11.6 Å². The Hall–Kier alpha value is -4.47. The second-order valence-corrected chi connectivity index (χ2v) is 11.4. The average molecular weight is 568 g/mol. The van der Waals surface area contributed by atoms with Crippen molar-refractivity contribution in [1.82, 2.24) is 10.3 Å². The number of nitrogens with zero attached hydrogens (tertiary/aromatic N) is 1. The van der Waals surface area contributed by atoms with E-state index in [0.717, 1.165) is 22.0 Å². The predicted octanol–water partition coefficient (Wildman–Crippen LogP) is 4.26. The van der Waals surface area contributed by atoms with E-state index in [1.165, 1.54) is 11.8 Å². The third-order valence-corrected chi connectivity index (χ3v) is 8.76. The van der Waals surface area contributed by atoms with Gasteiger partial charge >= 0.3 is 0 Å². The number of fused-ring (bicyclic) bond motifs is 5. The molecule has 4 heterocycles. The molecule has 0 saturated carbocycles. The molecule has 3 aliphatic heterocycles. The lowest BCUT2D eigenvalue weighted by Gasteiger charge is -2.29. The van der Waals surface area contributed by atoms with Gasteiger partial charge in [0.25, 0.3) is 0 Å². The summed E-state index contributed by atoms with van der Waals surface area (Å²) >= 11 is 6.47. The molecule has 4 amide bonds. The van der Waals surface area contributed by atoms with Crippen LogP contribution < -0.4 is 20.9 Å². The molecular weight excluding hydrogens is 542 g/mol. The van der Waals surface area contributed by atoms with Crippen molar-refractivity contribution in [3.8, 4) is 0 Å². The van der Waals surface area contributed by atoms with E-state index in [1.807, 2.05) is 37.4 Å². The summed E-state index contributed by atoms with van der Waals surface area (Å²) in [5.74, 6) is -3.23. The molecule has 3 aromatic carbocycles. The van der Waals surface area contributed by atoms with Gasteiger partial charge in [-0.25, -0.2) is 4.90 Å². The molecule has 2 saturated heterocycles. The fourth-order valence-corrected chi connectivity index (χ4v) is 7.17. The Balaban J connectivity index is 1.35. The van der Waals surface area contributed by atoms with Gasteiger partial charge in [-0.3, -0.25) is 24.5 Å². The van der Waals surface area contributed by atoms with Crippen LogP contribution in [0.15, 0.2) is 66.9 Å². The smallest absolute Gasteiger partial charge is 0.250 e. The highest BCUT2D eigenvalue weighted by Crippen LogP contribution is 2.55. The Morgan fingerprint density at radius 1 is 1.05 bits per heavy atom. The first-order chi connectivity index (χ1) is 19.7. The summed E-state index contributed by atoms with van der Waals surface area (Å²) in [6.45, 7) is 3.26. The number of carbonyl (C=O) groups excluding carboxylic acids is 4. The molecule has 4 atom stereocenters. The standard InChI is InChI=1S/C31H26ClN5O4/c1-15-11-18(32)13-22-27(15)35-30(41)31(22)26-25(24(36-31)12-17-14-33-23-6-4-3-5-21(17)23)28(39)37(29(26)40)20-9-7-19(8-10-20)34-16(2)38/h3-11,13-14,24-26,33,36H,12H2,1-2H3,(H,34,38)(H,35,41)/t24-,25+,26-,31+/m0/s1. The first-order valence-electron chi connectivity index (χ1n) is 13.4. The molecule has 10 heteroatoms. The first kappa shape index (κ1) is 25.5. The first-order valence-corrected chi connectivity index (χ1v) is 13.8. The van der Waals surface area contributed by atoms with Gasteiger partial charge in [-0.15, -0.1) is 0 Å². The van der Waals surface area contributed by atoms with Gasteiger partial charge in [0, 0.05) is 52.0 Å². The summed E-state index contributed by atoms with van der Waals surface area (Å²) in [6.07, 6.45) is 2.33. The zero-order valence-corrected chi connectivity index (χ0v) is 23.0. The fraction of sp³-hybridized carbons (Fsp3) is 0.226. The number of anilines is 3. The quantitative estimate of drug-likeness (QED) is 0.274. The second-order valence-electron chi connectivity index (χ2n) is 11.0. The molecule has 1 spiro atoms. The summed E-state index contributed by atoms with van der Waals surface area (Å²) in [6, 6.07) is 17.4. The highest BCUT2D eigenvalue weighted by molar-refractivity contribution is 6.31. The van der Waals surface area contributed by atoms with Crippen LogP contribution in [0.2, 0.25) is 5.02 Å². The molecule has 1 aromatic heterocycles. The Kier molecular flexibility index (Phi) is 5.61. The number of carbonyl (C=O) groups is 4. The van der Waals surface area contributed by atoms with Crippen LogP contribution >= 0.6 is 11.6 Å². The van der Waals surface area contributed by atoms with Crippen LogP contribution in [-0.4, -0.2) is 34.7 Å². The number of aryl methyl sites for hydroxylation is 1. The summed E-state index contributed by atoms with van der Waals surface area (Å²) < 4.78 is 0. The number of hydrogen-bond acceptors (Lipinski definition) is 5. The maximum absolute atomic E-state index is 14.3. The number of H-pyrrole nitrogens is 1. The van der Waals surface area contributed by atoms with Crippen molar-refractivity contribution in [3.05, 3.63) is 88.6 Å². The summed E-state index contributed by atoms with van der Waals surface area (Å²) in [4.78, 5) is 58.3. The summed E-state index contributed by atoms with van der Waals surface area (Å²) in [7, 11) is 0. The monoisotopic (exact) mass is 567 g/mol. The molecule has 7 rings (SSSR count). The van der Waals surface area contributed by atoms with Crippen molar-refractivity contribution in [2.75, 3.05) is 15.5 Å². The number of amides is 4. The molecular formula is C31H26ClN5O4. The zero-order chi connectivity index (χ0) is 28.6. The maximum Gasteiger partial charge on any atom is 0.250 e. The predicted molar refractivity (Wildman–Crippen MR) is 156 cm³/mol. The Morgan fingerprint density at radius 3 is 2.56 bits per heavy atom. The number of benzene rings is 3. The van der Waals surface area contributed by atoms with Crippen molar-refractivity contribution in [1.29, 1.82) is 0 Å². The number of para-hydroxylation sites is 1. The average Bonchev–Trinajstić information content (AvgIpc) is 3.64. The van der Waals surface area contributed by atoms with E-state index in [1.54, 1.807) is 36.4 Å². The largest absolute Gasteiger partial charge is 0.361 e. The van der Waals surface area contributed by atoms with Crippen LogP contribution in [0.5, 0.6) is 0 Å². The molecule has 206 valence electrons. The SMILES string of the molecule is CC(=O)Nc1ccc(N2C(=O)[C@@H]3[C@H](Cc4c[nH]c5ccccc45)N[C@@]4(C(=O)Nc5c(C)cc(Cl)cc54)[C@@H]3C2=O)cc1. The summed E-state index contributed by atoms with van der Waals surface area (Å²) in [5, 5.41) is 10.6. The number of nitrogens with one attached hydrogen (secondary N) is 4. The van der Waals surface area contributed by atoms with E-state index >= 15 is 0 Å². The molecule has 4 aromatic rings. The van der Waals surface area contributed by atoms with E-state index in [9.17, 15) is 19.2 Å².